The number of anilines is 1. The minimum atomic E-state index is -0.469. The maximum Gasteiger partial charge on any atom is 0.406 e. The first-order chi connectivity index (χ1) is 8.63. The van der Waals surface area contributed by atoms with E-state index in [2.05, 4.69) is 10.3 Å². The first-order valence-corrected chi connectivity index (χ1v) is 6.47. The fourth-order valence-corrected chi connectivity index (χ4v) is 2.61. The van der Waals surface area contributed by atoms with E-state index in [9.17, 15) is 10.1 Å². The van der Waals surface area contributed by atoms with E-state index in [0.29, 0.717) is 5.82 Å². The number of imidazole rings is 1. The van der Waals surface area contributed by atoms with E-state index >= 15 is 0 Å². The number of hydrogen-bond acceptors (Lipinski definition) is 5. The molecule has 0 saturated carbocycles. The van der Waals surface area contributed by atoms with Crippen molar-refractivity contribution in [3.05, 3.63) is 38.8 Å². The fourth-order valence-electron chi connectivity index (χ4n) is 1.75. The third-order valence-electron chi connectivity index (χ3n) is 2.70. The van der Waals surface area contributed by atoms with E-state index in [0.717, 1.165) is 11.3 Å². The lowest BCUT2D eigenvalue weighted by Gasteiger charge is -2.16. The molecule has 0 saturated heterocycles. The molecule has 0 radical (unpaired) electrons. The third kappa shape index (κ3) is 2.35. The van der Waals surface area contributed by atoms with E-state index < -0.39 is 4.92 Å². The molecule has 2 aromatic rings. The fraction of sp³-hybridized carbons (Fsp3) is 0.364. The molecule has 2 aromatic heterocycles. The lowest BCUT2D eigenvalue weighted by Crippen LogP contribution is -2.12. The van der Waals surface area contributed by atoms with Crippen LogP contribution in [0.3, 0.4) is 0 Å². The Morgan fingerprint density at radius 1 is 1.67 bits per heavy atom. The SMILES string of the molecule is CCC(Nc1c([N+](=O)[O-])ncn1C)c1cccs1. The van der Waals surface area contributed by atoms with Crippen LogP contribution in [0.5, 0.6) is 0 Å². The molecule has 0 fully saturated rings. The lowest BCUT2D eigenvalue weighted by molar-refractivity contribution is -0.388. The predicted octanol–water partition coefficient (Wildman–Crippen LogP) is 2.95. The molecule has 0 spiro atoms. The number of hydrogen-bond donors (Lipinski definition) is 1. The monoisotopic (exact) mass is 266 g/mol. The van der Waals surface area contributed by atoms with Gasteiger partial charge in [-0.15, -0.1) is 11.3 Å². The highest BCUT2D eigenvalue weighted by molar-refractivity contribution is 7.10. The Labute approximate surface area is 108 Å². The van der Waals surface area contributed by atoms with E-state index in [1.165, 1.54) is 6.33 Å². The van der Waals surface area contributed by atoms with Gasteiger partial charge in [0.15, 0.2) is 0 Å². The number of nitro groups is 1. The van der Waals surface area contributed by atoms with Gasteiger partial charge < -0.3 is 15.4 Å². The van der Waals surface area contributed by atoms with Crippen molar-refractivity contribution in [3.8, 4) is 0 Å². The van der Waals surface area contributed by atoms with Crippen molar-refractivity contribution in [2.75, 3.05) is 5.32 Å². The van der Waals surface area contributed by atoms with Crippen molar-refractivity contribution in [3.63, 3.8) is 0 Å². The van der Waals surface area contributed by atoms with Crippen LogP contribution in [0.4, 0.5) is 11.6 Å². The number of nitrogens with zero attached hydrogens (tertiary/aromatic N) is 3. The summed E-state index contributed by atoms with van der Waals surface area (Å²) in [6.07, 6.45) is 2.30. The Kier molecular flexibility index (Phi) is 3.61. The molecule has 18 heavy (non-hydrogen) atoms. The van der Waals surface area contributed by atoms with Crippen LogP contribution in [0.1, 0.15) is 24.3 Å². The van der Waals surface area contributed by atoms with Crippen LogP contribution in [0.2, 0.25) is 0 Å². The molecule has 6 nitrogen and oxygen atoms in total. The normalized spacial score (nSPS) is 12.3. The summed E-state index contributed by atoms with van der Waals surface area (Å²) in [5.74, 6) is 0.313. The van der Waals surface area contributed by atoms with Gasteiger partial charge in [0.2, 0.25) is 12.1 Å². The largest absolute Gasteiger partial charge is 0.406 e. The Hall–Kier alpha value is -1.89. The molecule has 1 unspecified atom stereocenters. The lowest BCUT2D eigenvalue weighted by atomic mass is 10.2. The summed E-state index contributed by atoms with van der Waals surface area (Å²) in [4.78, 5) is 15.4. The molecule has 1 N–H and O–H groups in total. The smallest absolute Gasteiger partial charge is 0.358 e. The highest BCUT2D eigenvalue weighted by Crippen LogP contribution is 2.30. The molecular weight excluding hydrogens is 252 g/mol. The summed E-state index contributed by atoms with van der Waals surface area (Å²) in [7, 11) is 1.74. The van der Waals surface area contributed by atoms with Crippen molar-refractivity contribution in [2.24, 2.45) is 7.05 Å². The summed E-state index contributed by atoms with van der Waals surface area (Å²) >= 11 is 1.64. The highest BCUT2D eigenvalue weighted by atomic mass is 32.1. The number of rotatable bonds is 5. The summed E-state index contributed by atoms with van der Waals surface area (Å²) in [5.41, 5.74) is 0. The molecule has 7 heteroatoms. The van der Waals surface area contributed by atoms with E-state index in [1.807, 2.05) is 24.4 Å². The Balaban J connectivity index is 2.27. The van der Waals surface area contributed by atoms with Crippen molar-refractivity contribution in [1.29, 1.82) is 0 Å². The van der Waals surface area contributed by atoms with Gasteiger partial charge in [-0.3, -0.25) is 4.57 Å². The molecule has 2 rings (SSSR count). The van der Waals surface area contributed by atoms with Crippen LogP contribution in [0, 0.1) is 10.1 Å². The first kappa shape index (κ1) is 12.6. The third-order valence-corrected chi connectivity index (χ3v) is 3.68. The molecule has 0 aliphatic rings. The summed E-state index contributed by atoms with van der Waals surface area (Å²) in [6, 6.07) is 4.06. The Morgan fingerprint density at radius 2 is 2.44 bits per heavy atom. The van der Waals surface area contributed by atoms with Crippen LogP contribution in [0.15, 0.2) is 23.8 Å². The molecule has 96 valence electrons. The minimum Gasteiger partial charge on any atom is -0.358 e. The zero-order valence-electron chi connectivity index (χ0n) is 10.2. The van der Waals surface area contributed by atoms with Gasteiger partial charge in [0.25, 0.3) is 0 Å². The van der Waals surface area contributed by atoms with Gasteiger partial charge in [-0.2, -0.15) is 0 Å². The van der Waals surface area contributed by atoms with Gasteiger partial charge in [0.1, 0.15) is 0 Å². The molecule has 0 aliphatic heterocycles. The summed E-state index contributed by atoms with van der Waals surface area (Å²) in [5, 5.41) is 16.1. The second kappa shape index (κ2) is 5.18. The molecule has 0 bridgehead atoms. The van der Waals surface area contributed by atoms with E-state index in [4.69, 9.17) is 0 Å². The van der Waals surface area contributed by atoms with E-state index in [-0.39, 0.29) is 11.9 Å². The quantitative estimate of drug-likeness (QED) is 0.667. The minimum absolute atomic E-state index is 0.0686. The Bertz CT molecular complexity index is 535. The standard InChI is InChI=1S/C11H14N4O2S/c1-3-8(9-5-4-6-18-9)13-11-10(15(16)17)12-7-14(11)2/h4-8,13H,3H2,1-2H3. The topological polar surface area (TPSA) is 73.0 Å². The summed E-state index contributed by atoms with van der Waals surface area (Å²) in [6.45, 7) is 2.04. The van der Waals surface area contributed by atoms with Crippen LogP contribution in [-0.4, -0.2) is 14.5 Å². The second-order valence-corrected chi connectivity index (χ2v) is 4.88. The summed E-state index contributed by atoms with van der Waals surface area (Å²) < 4.78 is 1.63. The second-order valence-electron chi connectivity index (χ2n) is 3.91. The molecule has 0 aliphatic carbocycles. The first-order valence-electron chi connectivity index (χ1n) is 5.59. The zero-order chi connectivity index (χ0) is 13.1. The molecule has 0 aromatic carbocycles. The number of aryl methyl sites for hydroxylation is 1. The van der Waals surface area contributed by atoms with Crippen LogP contribution >= 0.6 is 11.3 Å². The van der Waals surface area contributed by atoms with Crippen molar-refractivity contribution in [1.82, 2.24) is 9.55 Å². The maximum atomic E-state index is 10.9. The van der Waals surface area contributed by atoms with Gasteiger partial charge in [-0.25, -0.2) is 0 Å². The number of thiophene rings is 1. The molecule has 1 atom stereocenters. The van der Waals surface area contributed by atoms with Gasteiger partial charge >= 0.3 is 5.82 Å². The molecule has 2 heterocycles. The molecular formula is C11H14N4O2S. The average Bonchev–Trinajstić information content (AvgIpc) is 2.96. The van der Waals surface area contributed by atoms with E-state index in [1.54, 1.807) is 23.0 Å². The van der Waals surface area contributed by atoms with Crippen LogP contribution < -0.4 is 5.32 Å². The predicted molar refractivity (Wildman–Crippen MR) is 70.8 cm³/mol. The molecule has 0 amide bonds. The number of nitrogens with one attached hydrogen (secondary N) is 1. The maximum absolute atomic E-state index is 10.9. The van der Waals surface area contributed by atoms with Crippen molar-refractivity contribution >= 4 is 23.0 Å². The number of aromatic nitrogens is 2. The van der Waals surface area contributed by atoms with Crippen molar-refractivity contribution in [2.45, 2.75) is 19.4 Å². The van der Waals surface area contributed by atoms with Crippen LogP contribution in [-0.2, 0) is 7.05 Å². The Morgan fingerprint density at radius 3 is 3.00 bits per heavy atom. The van der Waals surface area contributed by atoms with Crippen molar-refractivity contribution < 1.29 is 4.92 Å². The average molecular weight is 266 g/mol. The van der Waals surface area contributed by atoms with Gasteiger partial charge in [-0.05, 0) is 27.8 Å². The van der Waals surface area contributed by atoms with Crippen LogP contribution in [0.25, 0.3) is 0 Å². The zero-order valence-corrected chi connectivity index (χ0v) is 11.0. The van der Waals surface area contributed by atoms with Gasteiger partial charge in [-0.1, -0.05) is 13.0 Å². The van der Waals surface area contributed by atoms with Gasteiger partial charge in [0, 0.05) is 11.9 Å². The highest BCUT2D eigenvalue weighted by Gasteiger charge is 2.23. The van der Waals surface area contributed by atoms with Gasteiger partial charge in [0.05, 0.1) is 6.04 Å².